The maximum absolute atomic E-state index is 12.9. The summed E-state index contributed by atoms with van der Waals surface area (Å²) in [5, 5.41) is 10.8. The molecule has 0 amide bonds. The summed E-state index contributed by atoms with van der Waals surface area (Å²) in [6, 6.07) is 17.0. The van der Waals surface area contributed by atoms with Crippen LogP contribution in [0.2, 0.25) is 0 Å². The maximum Gasteiger partial charge on any atom is 0.374 e. The largest absolute Gasteiger partial charge is 0.455 e. The van der Waals surface area contributed by atoms with Gasteiger partial charge >= 0.3 is 5.97 Å². The van der Waals surface area contributed by atoms with Crippen molar-refractivity contribution in [1.29, 1.82) is 5.26 Å². The van der Waals surface area contributed by atoms with Crippen molar-refractivity contribution in [1.82, 2.24) is 0 Å². The normalized spacial score (nSPS) is 14.6. The number of nitriles is 1. The van der Waals surface area contributed by atoms with Crippen LogP contribution in [0.25, 0.3) is 11.0 Å². The van der Waals surface area contributed by atoms with Gasteiger partial charge in [-0.1, -0.05) is 55.7 Å². The molecule has 1 fully saturated rings. The molecule has 1 saturated carbocycles. The number of para-hydroxylation sites is 1. The van der Waals surface area contributed by atoms with Crippen molar-refractivity contribution in [2.24, 2.45) is 0 Å². The second-order valence-corrected chi connectivity index (χ2v) is 8.61. The molecule has 1 aliphatic rings. The lowest BCUT2D eigenvalue weighted by molar-refractivity contribution is 0.0437. The summed E-state index contributed by atoms with van der Waals surface area (Å²) in [7, 11) is 0. The van der Waals surface area contributed by atoms with E-state index >= 15 is 0 Å². The van der Waals surface area contributed by atoms with Crippen molar-refractivity contribution >= 4 is 28.7 Å². The number of fused-ring (bicyclic) bond motifs is 1. The third-order valence-electron chi connectivity index (χ3n) is 5.40. The Hall–Kier alpha value is -2.71. The van der Waals surface area contributed by atoms with E-state index in [1.54, 1.807) is 18.2 Å². The summed E-state index contributed by atoms with van der Waals surface area (Å²) in [5.74, 6) is 0.540. The molecule has 0 unspecified atom stereocenters. The fourth-order valence-electron chi connectivity index (χ4n) is 3.80. The minimum absolute atomic E-state index is 0.0504. The van der Waals surface area contributed by atoms with Gasteiger partial charge in [0.15, 0.2) is 0 Å². The lowest BCUT2D eigenvalue weighted by atomic mass is 10.0. The van der Waals surface area contributed by atoms with Gasteiger partial charge in [-0.15, -0.1) is 0 Å². The highest BCUT2D eigenvalue weighted by Gasteiger charge is 2.24. The third-order valence-corrected chi connectivity index (χ3v) is 6.79. The molecule has 5 heteroatoms. The summed E-state index contributed by atoms with van der Waals surface area (Å²) < 4.78 is 11.4. The Morgan fingerprint density at radius 1 is 1.10 bits per heavy atom. The third kappa shape index (κ3) is 4.49. The number of carbonyl (C=O) groups excluding carboxylic acids is 1. The standard InChI is InChI=1S/C24H23NO3S/c25-14-17-8-4-5-9-18(17)15-27-24(26)23-21(16-29-19-10-2-1-3-11-19)20-12-6-7-13-22(20)28-23/h4-9,12-13,19H,1-3,10-11,15-16H2. The molecule has 0 saturated heterocycles. The zero-order valence-electron chi connectivity index (χ0n) is 16.2. The zero-order valence-corrected chi connectivity index (χ0v) is 17.0. The molecule has 3 aromatic rings. The highest BCUT2D eigenvalue weighted by atomic mass is 32.2. The van der Waals surface area contributed by atoms with Gasteiger partial charge in [-0.2, -0.15) is 17.0 Å². The predicted octanol–water partition coefficient (Wildman–Crippen LogP) is 6.23. The van der Waals surface area contributed by atoms with Crippen LogP contribution in [-0.4, -0.2) is 11.2 Å². The van der Waals surface area contributed by atoms with Crippen LogP contribution in [0.4, 0.5) is 0 Å². The summed E-state index contributed by atoms with van der Waals surface area (Å²) in [6.45, 7) is 0.0504. The molecule has 1 aromatic heterocycles. The van der Waals surface area contributed by atoms with Crippen molar-refractivity contribution in [2.45, 2.75) is 49.7 Å². The molecule has 0 radical (unpaired) electrons. The zero-order chi connectivity index (χ0) is 20.1. The first-order valence-corrected chi connectivity index (χ1v) is 11.1. The minimum Gasteiger partial charge on any atom is -0.455 e. The van der Waals surface area contributed by atoms with Gasteiger partial charge in [0.25, 0.3) is 0 Å². The van der Waals surface area contributed by atoms with E-state index in [2.05, 4.69) is 6.07 Å². The Morgan fingerprint density at radius 3 is 2.69 bits per heavy atom. The van der Waals surface area contributed by atoms with E-state index in [-0.39, 0.29) is 12.4 Å². The first-order valence-electron chi connectivity index (χ1n) is 10.0. The van der Waals surface area contributed by atoms with E-state index in [4.69, 9.17) is 9.15 Å². The molecule has 0 spiro atoms. The number of hydrogen-bond donors (Lipinski definition) is 0. The minimum atomic E-state index is -0.479. The van der Waals surface area contributed by atoms with Crippen LogP contribution in [0.1, 0.15) is 59.3 Å². The molecular weight excluding hydrogens is 382 g/mol. The number of thioether (sulfide) groups is 1. The monoisotopic (exact) mass is 405 g/mol. The molecule has 0 N–H and O–H groups in total. The molecule has 0 atom stereocenters. The smallest absolute Gasteiger partial charge is 0.374 e. The molecule has 29 heavy (non-hydrogen) atoms. The molecule has 4 nitrogen and oxygen atoms in total. The van der Waals surface area contributed by atoms with E-state index in [1.807, 2.05) is 42.1 Å². The van der Waals surface area contributed by atoms with Gasteiger partial charge in [0.1, 0.15) is 12.2 Å². The van der Waals surface area contributed by atoms with Crippen LogP contribution in [0.5, 0.6) is 0 Å². The van der Waals surface area contributed by atoms with Gasteiger partial charge in [-0.05, 0) is 25.0 Å². The van der Waals surface area contributed by atoms with Crippen molar-refractivity contribution in [3.8, 4) is 6.07 Å². The molecule has 0 bridgehead atoms. The molecule has 0 aliphatic heterocycles. The van der Waals surface area contributed by atoms with Gasteiger partial charge < -0.3 is 9.15 Å². The number of rotatable bonds is 6. The van der Waals surface area contributed by atoms with Crippen molar-refractivity contribution < 1.29 is 13.9 Å². The number of esters is 1. The Labute approximate surface area is 174 Å². The lowest BCUT2D eigenvalue weighted by Crippen LogP contribution is -2.10. The average Bonchev–Trinajstić information content (AvgIpc) is 3.15. The number of nitrogens with zero attached hydrogens (tertiary/aromatic N) is 1. The Kier molecular flexibility index (Phi) is 6.21. The number of furan rings is 1. The van der Waals surface area contributed by atoms with Crippen molar-refractivity contribution in [2.75, 3.05) is 0 Å². The van der Waals surface area contributed by atoms with Gasteiger partial charge in [0, 0.05) is 27.5 Å². The Morgan fingerprint density at radius 2 is 1.86 bits per heavy atom. The highest BCUT2D eigenvalue weighted by Crippen LogP contribution is 2.35. The summed E-state index contributed by atoms with van der Waals surface area (Å²) >= 11 is 1.91. The second-order valence-electron chi connectivity index (χ2n) is 7.32. The fraction of sp³-hybridized carbons (Fsp3) is 0.333. The number of ether oxygens (including phenoxy) is 1. The van der Waals surface area contributed by atoms with Crippen LogP contribution in [0, 0.1) is 11.3 Å². The SMILES string of the molecule is N#Cc1ccccc1COC(=O)c1oc2ccccc2c1CSC1CCCCC1. The van der Waals surface area contributed by atoms with Crippen molar-refractivity contribution in [3.63, 3.8) is 0 Å². The number of benzene rings is 2. The first kappa shape index (κ1) is 19.6. The molecular formula is C24H23NO3S. The second kappa shape index (κ2) is 9.19. The lowest BCUT2D eigenvalue weighted by Gasteiger charge is -2.20. The summed E-state index contributed by atoms with van der Waals surface area (Å²) in [4.78, 5) is 12.9. The molecule has 1 heterocycles. The molecule has 148 valence electrons. The molecule has 2 aromatic carbocycles. The summed E-state index contributed by atoms with van der Waals surface area (Å²) in [6.07, 6.45) is 6.39. The Bertz CT molecular complexity index is 1040. The van der Waals surface area contributed by atoms with E-state index in [9.17, 15) is 10.1 Å². The quantitative estimate of drug-likeness (QED) is 0.455. The predicted molar refractivity (Wildman–Crippen MR) is 115 cm³/mol. The van der Waals surface area contributed by atoms with E-state index in [1.165, 1.54) is 32.1 Å². The van der Waals surface area contributed by atoms with E-state index in [0.717, 1.165) is 16.7 Å². The highest BCUT2D eigenvalue weighted by molar-refractivity contribution is 7.99. The first-order chi connectivity index (χ1) is 14.3. The van der Waals surface area contributed by atoms with Gasteiger partial charge in [-0.3, -0.25) is 0 Å². The van der Waals surface area contributed by atoms with E-state index < -0.39 is 5.97 Å². The van der Waals surface area contributed by atoms with Gasteiger partial charge in [0.2, 0.25) is 5.76 Å². The van der Waals surface area contributed by atoms with Crippen LogP contribution in [0.3, 0.4) is 0 Å². The number of hydrogen-bond acceptors (Lipinski definition) is 5. The Balaban J connectivity index is 1.53. The van der Waals surface area contributed by atoms with Gasteiger partial charge in [0.05, 0.1) is 11.6 Å². The fourth-order valence-corrected chi connectivity index (χ4v) is 5.16. The number of carbonyl (C=O) groups is 1. The maximum atomic E-state index is 12.9. The topological polar surface area (TPSA) is 63.2 Å². The molecule has 4 rings (SSSR count). The summed E-state index contributed by atoms with van der Waals surface area (Å²) in [5.41, 5.74) is 2.82. The van der Waals surface area contributed by atoms with Crippen LogP contribution in [-0.2, 0) is 17.1 Å². The van der Waals surface area contributed by atoms with E-state index in [0.29, 0.717) is 22.0 Å². The van der Waals surface area contributed by atoms with Crippen LogP contribution < -0.4 is 0 Å². The molecule has 1 aliphatic carbocycles. The van der Waals surface area contributed by atoms with Crippen LogP contribution in [0.15, 0.2) is 52.9 Å². The van der Waals surface area contributed by atoms with Crippen molar-refractivity contribution in [3.05, 3.63) is 71.0 Å². The average molecular weight is 406 g/mol. The van der Waals surface area contributed by atoms with Crippen LogP contribution >= 0.6 is 11.8 Å². The van der Waals surface area contributed by atoms with Gasteiger partial charge in [-0.25, -0.2) is 4.79 Å².